The van der Waals surface area contributed by atoms with E-state index in [1.54, 1.807) is 0 Å². The Balaban J connectivity index is 2.29. The van der Waals surface area contributed by atoms with Crippen molar-refractivity contribution in [2.24, 2.45) is 17.1 Å². The molecular weight excluding hydrogens is 250 g/mol. The monoisotopic (exact) mass is 283 g/mol. The lowest BCUT2D eigenvalue weighted by Gasteiger charge is -2.36. The minimum atomic E-state index is 0.184. The Labute approximate surface area is 124 Å². The molecule has 1 aliphatic heterocycles. The van der Waals surface area contributed by atoms with Crippen LogP contribution in [0.3, 0.4) is 0 Å². The molecule has 2 N–H and O–H groups in total. The second-order valence-corrected chi connectivity index (χ2v) is 7.28. The van der Waals surface area contributed by atoms with Crippen molar-refractivity contribution < 1.29 is 4.79 Å². The van der Waals surface area contributed by atoms with Gasteiger partial charge in [0.1, 0.15) is 0 Å². The summed E-state index contributed by atoms with van der Waals surface area (Å²) >= 11 is 0. The molecule has 1 saturated heterocycles. The summed E-state index contributed by atoms with van der Waals surface area (Å²) in [7, 11) is 0. The molecule has 1 rings (SSSR count). The lowest BCUT2D eigenvalue weighted by atomic mass is 9.84. The van der Waals surface area contributed by atoms with E-state index in [0.717, 1.165) is 45.6 Å². The standard InChI is InChI=1S/C16H33N3O/c1-14(2)13-18-9-11-19(12-10-18)15(20)5-6-16(3,4)7-8-17/h14H,5-13,17H2,1-4H3. The molecule has 0 aliphatic carbocycles. The van der Waals surface area contributed by atoms with E-state index in [2.05, 4.69) is 32.6 Å². The first kappa shape index (κ1) is 17.4. The Morgan fingerprint density at radius 1 is 1.15 bits per heavy atom. The van der Waals surface area contributed by atoms with Crippen LogP contribution in [-0.4, -0.2) is 55.0 Å². The highest BCUT2D eigenvalue weighted by Gasteiger charge is 2.24. The maximum Gasteiger partial charge on any atom is 0.222 e. The van der Waals surface area contributed by atoms with Crippen LogP contribution in [0, 0.1) is 11.3 Å². The number of piperazine rings is 1. The number of hydrogen-bond acceptors (Lipinski definition) is 3. The second kappa shape index (κ2) is 7.99. The number of carbonyl (C=O) groups is 1. The third kappa shape index (κ3) is 6.23. The van der Waals surface area contributed by atoms with Gasteiger partial charge in [0.25, 0.3) is 0 Å². The molecular formula is C16H33N3O. The maximum absolute atomic E-state index is 12.3. The van der Waals surface area contributed by atoms with E-state index in [1.807, 2.05) is 4.90 Å². The van der Waals surface area contributed by atoms with Crippen LogP contribution < -0.4 is 5.73 Å². The quantitative estimate of drug-likeness (QED) is 0.777. The van der Waals surface area contributed by atoms with Crippen molar-refractivity contribution in [3.8, 4) is 0 Å². The third-order valence-corrected chi connectivity index (χ3v) is 4.19. The van der Waals surface area contributed by atoms with Crippen molar-refractivity contribution in [2.75, 3.05) is 39.3 Å². The molecule has 0 radical (unpaired) electrons. The number of nitrogens with zero attached hydrogens (tertiary/aromatic N) is 2. The average molecular weight is 283 g/mol. The topological polar surface area (TPSA) is 49.6 Å². The summed E-state index contributed by atoms with van der Waals surface area (Å²) in [6.45, 7) is 14.6. The lowest BCUT2D eigenvalue weighted by molar-refractivity contribution is -0.133. The molecule has 20 heavy (non-hydrogen) atoms. The van der Waals surface area contributed by atoms with E-state index < -0.39 is 0 Å². The highest BCUT2D eigenvalue weighted by molar-refractivity contribution is 5.76. The molecule has 0 saturated carbocycles. The van der Waals surface area contributed by atoms with Crippen molar-refractivity contribution in [3.63, 3.8) is 0 Å². The van der Waals surface area contributed by atoms with E-state index in [-0.39, 0.29) is 5.41 Å². The molecule has 1 heterocycles. The van der Waals surface area contributed by atoms with Crippen LogP contribution in [-0.2, 0) is 4.79 Å². The fourth-order valence-electron chi connectivity index (χ4n) is 2.82. The number of amides is 1. The summed E-state index contributed by atoms with van der Waals surface area (Å²) in [4.78, 5) is 16.8. The van der Waals surface area contributed by atoms with E-state index in [9.17, 15) is 4.79 Å². The van der Waals surface area contributed by atoms with Gasteiger partial charge in [0, 0.05) is 39.1 Å². The Hall–Kier alpha value is -0.610. The van der Waals surface area contributed by atoms with Crippen LogP contribution >= 0.6 is 0 Å². The molecule has 0 atom stereocenters. The van der Waals surface area contributed by atoms with Crippen LogP contribution in [0.5, 0.6) is 0 Å². The van der Waals surface area contributed by atoms with E-state index in [0.29, 0.717) is 24.8 Å². The molecule has 118 valence electrons. The minimum Gasteiger partial charge on any atom is -0.340 e. The van der Waals surface area contributed by atoms with E-state index >= 15 is 0 Å². The molecule has 4 heteroatoms. The van der Waals surface area contributed by atoms with E-state index in [4.69, 9.17) is 5.73 Å². The van der Waals surface area contributed by atoms with Crippen molar-refractivity contribution >= 4 is 5.91 Å². The number of nitrogens with two attached hydrogens (primary N) is 1. The van der Waals surface area contributed by atoms with Crippen LogP contribution in [0.15, 0.2) is 0 Å². The molecule has 1 aliphatic rings. The zero-order chi connectivity index (χ0) is 15.2. The second-order valence-electron chi connectivity index (χ2n) is 7.28. The Kier molecular flexibility index (Phi) is 6.96. The van der Waals surface area contributed by atoms with Crippen molar-refractivity contribution in [2.45, 2.75) is 47.0 Å². The largest absolute Gasteiger partial charge is 0.340 e. The summed E-state index contributed by atoms with van der Waals surface area (Å²) in [5.74, 6) is 1.02. The maximum atomic E-state index is 12.3. The fraction of sp³-hybridized carbons (Fsp3) is 0.938. The first-order valence-electron chi connectivity index (χ1n) is 8.04. The summed E-state index contributed by atoms with van der Waals surface area (Å²) in [6.07, 6.45) is 2.59. The Bertz CT molecular complexity index is 294. The van der Waals surface area contributed by atoms with Gasteiger partial charge in [0.05, 0.1) is 0 Å². The number of rotatable bonds is 7. The number of carbonyl (C=O) groups excluding carboxylic acids is 1. The molecule has 0 bridgehead atoms. The van der Waals surface area contributed by atoms with Gasteiger partial charge in [-0.15, -0.1) is 0 Å². The fourth-order valence-corrected chi connectivity index (χ4v) is 2.82. The van der Waals surface area contributed by atoms with Gasteiger partial charge in [-0.1, -0.05) is 27.7 Å². The SMILES string of the molecule is CC(C)CN1CCN(C(=O)CCC(C)(C)CCN)CC1. The highest BCUT2D eigenvalue weighted by atomic mass is 16.2. The van der Waals surface area contributed by atoms with Gasteiger partial charge in [-0.2, -0.15) is 0 Å². The van der Waals surface area contributed by atoms with E-state index in [1.165, 1.54) is 0 Å². The summed E-state index contributed by atoms with van der Waals surface area (Å²) < 4.78 is 0. The highest BCUT2D eigenvalue weighted by Crippen LogP contribution is 2.26. The first-order chi connectivity index (χ1) is 9.34. The average Bonchev–Trinajstić information content (AvgIpc) is 2.36. The molecule has 1 amide bonds. The van der Waals surface area contributed by atoms with Gasteiger partial charge in [-0.3, -0.25) is 9.69 Å². The van der Waals surface area contributed by atoms with Gasteiger partial charge in [0.2, 0.25) is 5.91 Å². The number of hydrogen-bond donors (Lipinski definition) is 1. The normalized spacial score (nSPS) is 17.8. The van der Waals surface area contributed by atoms with Crippen LogP contribution in [0.1, 0.15) is 47.0 Å². The van der Waals surface area contributed by atoms with Crippen molar-refractivity contribution in [1.29, 1.82) is 0 Å². The molecule has 0 spiro atoms. The van der Waals surface area contributed by atoms with Gasteiger partial charge >= 0.3 is 0 Å². The van der Waals surface area contributed by atoms with Crippen LogP contribution in [0.2, 0.25) is 0 Å². The molecule has 4 nitrogen and oxygen atoms in total. The summed E-state index contributed by atoms with van der Waals surface area (Å²) in [5.41, 5.74) is 5.80. The van der Waals surface area contributed by atoms with Crippen molar-refractivity contribution in [1.82, 2.24) is 9.80 Å². The summed E-state index contributed by atoms with van der Waals surface area (Å²) in [6, 6.07) is 0. The minimum absolute atomic E-state index is 0.184. The zero-order valence-electron chi connectivity index (χ0n) is 13.8. The Morgan fingerprint density at radius 3 is 2.25 bits per heavy atom. The van der Waals surface area contributed by atoms with Crippen LogP contribution in [0.4, 0.5) is 0 Å². The van der Waals surface area contributed by atoms with Crippen molar-refractivity contribution in [3.05, 3.63) is 0 Å². The third-order valence-electron chi connectivity index (χ3n) is 4.19. The van der Waals surface area contributed by atoms with Gasteiger partial charge in [-0.05, 0) is 30.7 Å². The zero-order valence-corrected chi connectivity index (χ0v) is 13.8. The predicted molar refractivity (Wildman–Crippen MR) is 84.5 cm³/mol. The smallest absolute Gasteiger partial charge is 0.222 e. The van der Waals surface area contributed by atoms with Gasteiger partial charge < -0.3 is 10.6 Å². The first-order valence-corrected chi connectivity index (χ1v) is 8.04. The molecule has 0 aromatic heterocycles. The van der Waals surface area contributed by atoms with Gasteiger partial charge in [-0.25, -0.2) is 0 Å². The molecule has 0 aromatic carbocycles. The molecule has 0 unspecified atom stereocenters. The molecule has 1 fully saturated rings. The predicted octanol–water partition coefficient (Wildman–Crippen LogP) is 1.94. The van der Waals surface area contributed by atoms with Crippen LogP contribution in [0.25, 0.3) is 0 Å². The lowest BCUT2D eigenvalue weighted by Crippen LogP contribution is -2.49. The van der Waals surface area contributed by atoms with Gasteiger partial charge in [0.15, 0.2) is 0 Å². The Morgan fingerprint density at radius 2 is 1.75 bits per heavy atom. The molecule has 0 aromatic rings. The summed E-state index contributed by atoms with van der Waals surface area (Å²) in [5, 5.41) is 0.